The maximum absolute atomic E-state index is 12.8. The Labute approximate surface area is 259 Å². The van der Waals surface area contributed by atoms with E-state index in [4.69, 9.17) is 0 Å². The van der Waals surface area contributed by atoms with Gasteiger partial charge < -0.3 is 30.8 Å². The Morgan fingerprint density at radius 2 is 1.23 bits per heavy atom. The molecule has 1 saturated carbocycles. The molecule has 0 radical (unpaired) electrons. The molecule has 0 aromatic heterocycles. The number of aliphatic hydroxyl groups excluding tert-OH is 1. The number of carboxylic acid groups (broad SMARTS) is 3. The summed E-state index contributed by atoms with van der Waals surface area (Å²) in [5.41, 5.74) is 0. The van der Waals surface area contributed by atoms with E-state index in [2.05, 4.69) is 5.32 Å². The average molecular weight is 629 g/mol. The minimum atomic E-state index is -1.47. The summed E-state index contributed by atoms with van der Waals surface area (Å²) >= 11 is 0. The van der Waals surface area contributed by atoms with Crippen LogP contribution in [0.2, 0.25) is 0 Å². The van der Waals surface area contributed by atoms with E-state index in [9.17, 15) is 49.5 Å². The van der Waals surface area contributed by atoms with Crippen LogP contribution in [-0.4, -0.2) is 142 Å². The van der Waals surface area contributed by atoms with E-state index >= 15 is 0 Å². The smallest absolute Gasteiger partial charge is 0.317 e. The minimum Gasteiger partial charge on any atom is -0.480 e. The fourth-order valence-corrected chi connectivity index (χ4v) is 6.37. The van der Waals surface area contributed by atoms with Crippen molar-refractivity contribution in [1.82, 2.24) is 20.0 Å². The van der Waals surface area contributed by atoms with E-state index in [0.717, 1.165) is 12.8 Å². The van der Waals surface area contributed by atoms with Gasteiger partial charge in [-0.15, -0.1) is 0 Å². The summed E-state index contributed by atoms with van der Waals surface area (Å²) in [7, 11) is 0. The minimum absolute atomic E-state index is 0.0793. The first-order valence-electron chi connectivity index (χ1n) is 15.8. The lowest BCUT2D eigenvalue weighted by atomic mass is 9.84. The number of aliphatic carboxylic acids is 3. The molecule has 2 rings (SSSR count). The van der Waals surface area contributed by atoms with Gasteiger partial charge in [0.15, 0.2) is 6.29 Å². The molecule has 2 aliphatic rings. The number of carbonyl (C=O) groups is 5. The van der Waals surface area contributed by atoms with Crippen molar-refractivity contribution in [2.24, 2.45) is 23.7 Å². The van der Waals surface area contributed by atoms with Gasteiger partial charge in [0.2, 0.25) is 5.91 Å². The fourth-order valence-electron chi connectivity index (χ4n) is 6.37. The van der Waals surface area contributed by atoms with E-state index in [1.165, 1.54) is 0 Å². The van der Waals surface area contributed by atoms with Crippen molar-refractivity contribution in [3.8, 4) is 0 Å². The molecule has 1 heterocycles. The standard InChI is InChI=1S/C30H52N4O10/c1-21(29(42)23-6-4-7-24(23)30(43)44)5-2-3-10-31-25(35)17-22-8-11-32(18-26(36)37)13-15-34(20-28(40)41)16-14-33(12-9-22)19-27(38)39/h21-24,30,43-44H,2-20H2,1H3,(H,31,35)(H,36,37)(H,38,39)(H,40,41)/t21-,23?,24+/m0/s1. The predicted molar refractivity (Wildman–Crippen MR) is 160 cm³/mol. The first kappa shape index (κ1) is 37.5. The van der Waals surface area contributed by atoms with Crippen LogP contribution in [0, 0.1) is 23.7 Å². The number of aliphatic hydroxyl groups is 2. The molecule has 2 fully saturated rings. The van der Waals surface area contributed by atoms with Crippen LogP contribution < -0.4 is 5.32 Å². The maximum Gasteiger partial charge on any atom is 0.317 e. The zero-order valence-corrected chi connectivity index (χ0v) is 25.9. The topological polar surface area (TPSA) is 208 Å². The lowest BCUT2D eigenvalue weighted by Crippen LogP contribution is -2.45. The molecule has 0 bridgehead atoms. The molecule has 1 aliphatic carbocycles. The third-order valence-electron chi connectivity index (χ3n) is 8.91. The van der Waals surface area contributed by atoms with Crippen molar-refractivity contribution in [3.63, 3.8) is 0 Å². The van der Waals surface area contributed by atoms with E-state index in [1.54, 1.807) is 14.7 Å². The lowest BCUT2D eigenvalue weighted by Gasteiger charge is -2.31. The predicted octanol–water partition coefficient (Wildman–Crippen LogP) is 0.165. The Balaban J connectivity index is 1.88. The first-order valence-corrected chi connectivity index (χ1v) is 15.8. The van der Waals surface area contributed by atoms with E-state index in [1.807, 2.05) is 6.92 Å². The highest BCUT2D eigenvalue weighted by Gasteiger charge is 2.38. The molecule has 1 amide bonds. The van der Waals surface area contributed by atoms with E-state index in [-0.39, 0.29) is 61.4 Å². The first-order chi connectivity index (χ1) is 20.8. The molecule has 1 aliphatic heterocycles. The number of rotatable bonds is 16. The molecular weight excluding hydrogens is 576 g/mol. The number of hydrogen-bond acceptors (Lipinski definition) is 10. The highest BCUT2D eigenvalue weighted by molar-refractivity contribution is 5.83. The van der Waals surface area contributed by atoms with Gasteiger partial charge >= 0.3 is 17.9 Å². The average Bonchev–Trinajstić information content (AvgIpc) is 3.43. The van der Waals surface area contributed by atoms with Crippen molar-refractivity contribution >= 4 is 29.6 Å². The van der Waals surface area contributed by atoms with E-state index < -0.39 is 24.2 Å². The van der Waals surface area contributed by atoms with Crippen molar-refractivity contribution in [1.29, 1.82) is 0 Å². The number of nitrogens with one attached hydrogen (secondary N) is 1. The van der Waals surface area contributed by atoms with Crippen LogP contribution in [0.5, 0.6) is 0 Å². The van der Waals surface area contributed by atoms with Crippen LogP contribution in [0.15, 0.2) is 0 Å². The van der Waals surface area contributed by atoms with Crippen LogP contribution in [0.1, 0.15) is 64.7 Å². The van der Waals surface area contributed by atoms with Crippen LogP contribution >= 0.6 is 0 Å². The number of ketones is 1. The Morgan fingerprint density at radius 1 is 0.727 bits per heavy atom. The number of Topliss-reactive ketones (excluding diaryl/α,β-unsaturated/α-hetero) is 1. The number of carbonyl (C=O) groups excluding carboxylic acids is 2. The summed E-state index contributed by atoms with van der Waals surface area (Å²) in [5, 5.41) is 50.1. The normalized spacial score (nSPS) is 22.6. The third kappa shape index (κ3) is 14.4. The van der Waals surface area contributed by atoms with Gasteiger partial charge in [0.1, 0.15) is 5.78 Å². The van der Waals surface area contributed by atoms with Crippen molar-refractivity contribution in [2.75, 3.05) is 65.4 Å². The number of nitrogens with zero attached hydrogens (tertiary/aromatic N) is 3. The molecule has 0 aromatic carbocycles. The quantitative estimate of drug-likeness (QED) is 0.0996. The van der Waals surface area contributed by atoms with Crippen LogP contribution in [0.4, 0.5) is 0 Å². The van der Waals surface area contributed by atoms with Gasteiger partial charge in [0, 0.05) is 56.9 Å². The van der Waals surface area contributed by atoms with E-state index in [0.29, 0.717) is 84.3 Å². The highest BCUT2D eigenvalue weighted by atomic mass is 16.5. The highest BCUT2D eigenvalue weighted by Crippen LogP contribution is 2.36. The van der Waals surface area contributed by atoms with Crippen LogP contribution in [0.3, 0.4) is 0 Å². The summed E-state index contributed by atoms with van der Waals surface area (Å²) in [6.07, 6.45) is 4.05. The second-order valence-electron chi connectivity index (χ2n) is 12.4. The zero-order chi connectivity index (χ0) is 32.6. The lowest BCUT2D eigenvalue weighted by molar-refractivity contribution is -0.140. The van der Waals surface area contributed by atoms with Crippen molar-refractivity contribution < 1.29 is 49.5 Å². The molecule has 1 unspecified atom stereocenters. The third-order valence-corrected chi connectivity index (χ3v) is 8.91. The van der Waals surface area contributed by atoms with Crippen LogP contribution in [-0.2, 0) is 24.0 Å². The largest absolute Gasteiger partial charge is 0.480 e. The second-order valence-corrected chi connectivity index (χ2v) is 12.4. The molecular formula is C30H52N4O10. The van der Waals surface area contributed by atoms with Gasteiger partial charge in [-0.1, -0.05) is 19.8 Å². The number of hydrogen-bond donors (Lipinski definition) is 6. The van der Waals surface area contributed by atoms with Gasteiger partial charge in [-0.25, -0.2) is 0 Å². The van der Waals surface area contributed by atoms with Crippen molar-refractivity contribution in [2.45, 2.75) is 71.0 Å². The molecule has 0 spiro atoms. The monoisotopic (exact) mass is 628 g/mol. The SMILES string of the molecule is C[C@@H](CCCCNC(=O)CC1CCN(CC(=O)O)CCN(CC(=O)O)CCN(CC(=O)O)CC1)C(=O)C1CCC[C@H]1C(O)O. The molecule has 3 atom stereocenters. The number of amides is 1. The molecule has 14 nitrogen and oxygen atoms in total. The Bertz CT molecular complexity index is 917. The number of unbranched alkanes of at least 4 members (excludes halogenated alkanes) is 1. The fraction of sp³-hybridized carbons (Fsp3) is 0.833. The summed E-state index contributed by atoms with van der Waals surface area (Å²) in [6.45, 7) is 3.81. The Morgan fingerprint density at radius 3 is 1.70 bits per heavy atom. The molecule has 44 heavy (non-hydrogen) atoms. The summed E-state index contributed by atoms with van der Waals surface area (Å²) in [4.78, 5) is 65.1. The zero-order valence-electron chi connectivity index (χ0n) is 25.9. The van der Waals surface area contributed by atoms with Crippen LogP contribution in [0.25, 0.3) is 0 Å². The molecule has 252 valence electrons. The summed E-state index contributed by atoms with van der Waals surface area (Å²) < 4.78 is 0. The van der Waals surface area contributed by atoms with Gasteiger partial charge in [-0.05, 0) is 57.5 Å². The molecule has 0 aromatic rings. The van der Waals surface area contributed by atoms with Gasteiger partial charge in [-0.2, -0.15) is 0 Å². The van der Waals surface area contributed by atoms with Gasteiger partial charge in [0.25, 0.3) is 0 Å². The summed E-state index contributed by atoms with van der Waals surface area (Å²) in [5.74, 6) is -4.04. The van der Waals surface area contributed by atoms with Gasteiger partial charge in [0.05, 0.1) is 19.6 Å². The maximum atomic E-state index is 12.8. The molecule has 14 heteroatoms. The Kier molecular flexibility index (Phi) is 16.8. The van der Waals surface area contributed by atoms with Crippen molar-refractivity contribution in [3.05, 3.63) is 0 Å². The van der Waals surface area contributed by atoms with Gasteiger partial charge in [-0.3, -0.25) is 38.7 Å². The molecule has 6 N–H and O–H groups in total. The Hall–Kier alpha value is -2.65. The molecule has 1 saturated heterocycles. The number of carboxylic acids is 3. The second kappa shape index (κ2) is 19.7. The summed E-state index contributed by atoms with van der Waals surface area (Å²) in [6, 6.07) is 0.